The van der Waals surface area contributed by atoms with Crippen molar-refractivity contribution in [2.45, 2.75) is 25.0 Å². The molecule has 104 valence electrons. The molecule has 0 atom stereocenters. The minimum Gasteiger partial charge on any atom is -0.462 e. The number of hydrogen-bond donors (Lipinski definition) is 2. The molecule has 0 aliphatic rings. The van der Waals surface area contributed by atoms with Crippen LogP contribution in [-0.4, -0.2) is 35.1 Å². The van der Waals surface area contributed by atoms with Crippen LogP contribution in [0.15, 0.2) is 27.8 Å². The summed E-state index contributed by atoms with van der Waals surface area (Å²) in [6.07, 6.45) is 3.16. The SMILES string of the molecule is Cc1oc(CO)cc1S(=O)(=O)NCCn1ccnn1. The summed E-state index contributed by atoms with van der Waals surface area (Å²) in [6.45, 7) is 1.76. The Morgan fingerprint density at radius 3 is 2.89 bits per heavy atom. The molecule has 0 aliphatic carbocycles. The summed E-state index contributed by atoms with van der Waals surface area (Å²) in [5.41, 5.74) is 0. The van der Waals surface area contributed by atoms with E-state index in [9.17, 15) is 8.42 Å². The van der Waals surface area contributed by atoms with Crippen molar-refractivity contribution in [2.75, 3.05) is 6.54 Å². The molecule has 2 aromatic rings. The molecule has 0 unspecified atom stereocenters. The van der Waals surface area contributed by atoms with Crippen molar-refractivity contribution in [3.8, 4) is 0 Å². The van der Waals surface area contributed by atoms with Crippen LogP contribution in [0.3, 0.4) is 0 Å². The second-order valence-corrected chi connectivity index (χ2v) is 5.59. The molecule has 0 saturated carbocycles. The van der Waals surface area contributed by atoms with Gasteiger partial charge in [-0.05, 0) is 6.92 Å². The van der Waals surface area contributed by atoms with Crippen molar-refractivity contribution in [3.05, 3.63) is 30.0 Å². The van der Waals surface area contributed by atoms with Crippen molar-refractivity contribution in [1.29, 1.82) is 0 Å². The molecule has 2 rings (SSSR count). The van der Waals surface area contributed by atoms with Crippen LogP contribution in [0.2, 0.25) is 0 Å². The number of nitrogens with one attached hydrogen (secondary N) is 1. The fraction of sp³-hybridized carbons (Fsp3) is 0.400. The van der Waals surface area contributed by atoms with Gasteiger partial charge in [0.05, 0.1) is 12.7 Å². The first-order chi connectivity index (χ1) is 9.03. The van der Waals surface area contributed by atoms with E-state index in [2.05, 4.69) is 15.0 Å². The van der Waals surface area contributed by atoms with Crippen molar-refractivity contribution in [2.24, 2.45) is 0 Å². The number of rotatable bonds is 6. The first-order valence-corrected chi connectivity index (χ1v) is 7.05. The first-order valence-electron chi connectivity index (χ1n) is 5.57. The molecule has 9 heteroatoms. The quantitative estimate of drug-likeness (QED) is 0.751. The third-order valence-electron chi connectivity index (χ3n) is 2.47. The van der Waals surface area contributed by atoms with Gasteiger partial charge in [0.2, 0.25) is 10.0 Å². The van der Waals surface area contributed by atoms with E-state index in [-0.39, 0.29) is 29.6 Å². The normalized spacial score (nSPS) is 11.9. The highest BCUT2D eigenvalue weighted by Crippen LogP contribution is 2.19. The molecule has 0 spiro atoms. The van der Waals surface area contributed by atoms with E-state index in [0.29, 0.717) is 6.54 Å². The van der Waals surface area contributed by atoms with Crippen LogP contribution in [0.4, 0.5) is 0 Å². The minimum atomic E-state index is -3.65. The third kappa shape index (κ3) is 3.19. The topological polar surface area (TPSA) is 110 Å². The number of nitrogens with zero attached hydrogens (tertiary/aromatic N) is 3. The van der Waals surface area contributed by atoms with E-state index in [1.807, 2.05) is 0 Å². The van der Waals surface area contributed by atoms with Gasteiger partial charge in [0.15, 0.2) is 0 Å². The minimum absolute atomic E-state index is 0.0372. The highest BCUT2D eigenvalue weighted by molar-refractivity contribution is 7.89. The van der Waals surface area contributed by atoms with Gasteiger partial charge in [-0.15, -0.1) is 5.10 Å². The first kappa shape index (κ1) is 13.7. The van der Waals surface area contributed by atoms with Gasteiger partial charge in [-0.2, -0.15) is 0 Å². The van der Waals surface area contributed by atoms with Crippen molar-refractivity contribution >= 4 is 10.0 Å². The van der Waals surface area contributed by atoms with Gasteiger partial charge >= 0.3 is 0 Å². The Labute approximate surface area is 110 Å². The molecular formula is C10H14N4O4S. The van der Waals surface area contributed by atoms with Crippen LogP contribution in [-0.2, 0) is 23.2 Å². The summed E-state index contributed by atoms with van der Waals surface area (Å²) in [5, 5.41) is 16.3. The fourth-order valence-corrected chi connectivity index (χ4v) is 2.82. The Bertz CT molecular complexity index is 633. The average molecular weight is 286 g/mol. The van der Waals surface area contributed by atoms with Gasteiger partial charge in [0.1, 0.15) is 23.0 Å². The van der Waals surface area contributed by atoms with Gasteiger partial charge in [0, 0.05) is 18.8 Å². The molecule has 2 heterocycles. The number of aryl methyl sites for hydroxylation is 1. The van der Waals surface area contributed by atoms with E-state index in [0.717, 1.165) is 0 Å². The lowest BCUT2D eigenvalue weighted by atomic mass is 10.4. The second kappa shape index (κ2) is 5.51. The van der Waals surface area contributed by atoms with E-state index < -0.39 is 10.0 Å². The van der Waals surface area contributed by atoms with Crippen LogP contribution in [0.5, 0.6) is 0 Å². The van der Waals surface area contributed by atoms with Gasteiger partial charge < -0.3 is 9.52 Å². The molecule has 0 fully saturated rings. The van der Waals surface area contributed by atoms with Crippen LogP contribution >= 0.6 is 0 Å². The zero-order valence-electron chi connectivity index (χ0n) is 10.3. The Balaban J connectivity index is 2.03. The number of sulfonamides is 1. The molecule has 0 aromatic carbocycles. The van der Waals surface area contributed by atoms with E-state index in [1.54, 1.807) is 6.20 Å². The van der Waals surface area contributed by atoms with E-state index in [4.69, 9.17) is 9.52 Å². The molecule has 0 bridgehead atoms. The number of aliphatic hydroxyl groups is 1. The number of furan rings is 1. The molecule has 0 radical (unpaired) electrons. The average Bonchev–Trinajstić information content (AvgIpc) is 2.98. The molecule has 0 aliphatic heterocycles. The monoisotopic (exact) mass is 286 g/mol. The maximum atomic E-state index is 12.0. The zero-order valence-corrected chi connectivity index (χ0v) is 11.1. The Morgan fingerprint density at radius 2 is 2.32 bits per heavy atom. The van der Waals surface area contributed by atoms with Gasteiger partial charge in [0.25, 0.3) is 0 Å². The maximum Gasteiger partial charge on any atom is 0.244 e. The predicted octanol–water partition coefficient (Wildman–Crippen LogP) is -0.350. The molecule has 2 aromatic heterocycles. The molecular weight excluding hydrogens is 272 g/mol. The van der Waals surface area contributed by atoms with Crippen LogP contribution < -0.4 is 4.72 Å². The summed E-state index contributed by atoms with van der Waals surface area (Å²) < 4.78 is 33.1. The second-order valence-electron chi connectivity index (χ2n) is 3.86. The highest BCUT2D eigenvalue weighted by atomic mass is 32.2. The Kier molecular flexibility index (Phi) is 3.98. The third-order valence-corrected chi connectivity index (χ3v) is 4.04. The van der Waals surface area contributed by atoms with Crippen LogP contribution in [0.1, 0.15) is 11.5 Å². The zero-order chi connectivity index (χ0) is 13.9. The van der Waals surface area contributed by atoms with Gasteiger partial charge in [-0.25, -0.2) is 13.1 Å². The van der Waals surface area contributed by atoms with E-state index in [1.165, 1.54) is 23.9 Å². The lowest BCUT2D eigenvalue weighted by Gasteiger charge is -2.05. The molecule has 0 amide bonds. The van der Waals surface area contributed by atoms with Crippen molar-refractivity contribution in [3.63, 3.8) is 0 Å². The smallest absolute Gasteiger partial charge is 0.244 e. The lowest BCUT2D eigenvalue weighted by molar-refractivity contribution is 0.244. The summed E-state index contributed by atoms with van der Waals surface area (Å²) in [5.74, 6) is 0.464. The summed E-state index contributed by atoms with van der Waals surface area (Å²) in [4.78, 5) is 0.0372. The van der Waals surface area contributed by atoms with E-state index >= 15 is 0 Å². The standard InChI is InChI=1S/C10H14N4O4S/c1-8-10(6-9(7-15)18-8)19(16,17)12-3-5-14-4-2-11-13-14/h2,4,6,12,15H,3,5,7H2,1H3. The van der Waals surface area contributed by atoms with Gasteiger partial charge in [-0.3, -0.25) is 4.68 Å². The van der Waals surface area contributed by atoms with Crippen LogP contribution in [0.25, 0.3) is 0 Å². The largest absolute Gasteiger partial charge is 0.462 e. The molecule has 19 heavy (non-hydrogen) atoms. The summed E-state index contributed by atoms with van der Waals surface area (Å²) >= 11 is 0. The number of hydrogen-bond acceptors (Lipinski definition) is 6. The number of aromatic nitrogens is 3. The molecule has 2 N–H and O–H groups in total. The number of aliphatic hydroxyl groups excluding tert-OH is 1. The molecule has 8 nitrogen and oxygen atoms in total. The maximum absolute atomic E-state index is 12.0. The molecule has 0 saturated heterocycles. The van der Waals surface area contributed by atoms with Crippen molar-refractivity contribution in [1.82, 2.24) is 19.7 Å². The van der Waals surface area contributed by atoms with Crippen molar-refractivity contribution < 1.29 is 17.9 Å². The lowest BCUT2D eigenvalue weighted by Crippen LogP contribution is -2.27. The summed E-state index contributed by atoms with van der Waals surface area (Å²) in [7, 11) is -3.65. The van der Waals surface area contributed by atoms with Gasteiger partial charge in [-0.1, -0.05) is 5.21 Å². The Morgan fingerprint density at radius 1 is 1.53 bits per heavy atom. The fourth-order valence-electron chi connectivity index (χ4n) is 1.59. The summed E-state index contributed by atoms with van der Waals surface area (Å²) in [6, 6.07) is 1.31. The predicted molar refractivity (Wildman–Crippen MR) is 64.6 cm³/mol. The highest BCUT2D eigenvalue weighted by Gasteiger charge is 2.20. The van der Waals surface area contributed by atoms with Crippen LogP contribution in [0, 0.1) is 6.92 Å². The Hall–Kier alpha value is -1.71.